The Hall–Kier alpha value is -1.68. The number of amides is 1. The van der Waals surface area contributed by atoms with Gasteiger partial charge in [0.2, 0.25) is 0 Å². The van der Waals surface area contributed by atoms with Gasteiger partial charge in [-0.2, -0.15) is 0 Å². The van der Waals surface area contributed by atoms with E-state index >= 15 is 0 Å². The molecule has 0 bridgehead atoms. The number of nitrogens with zero attached hydrogens (tertiary/aromatic N) is 1. The zero-order chi connectivity index (χ0) is 16.1. The average Bonchev–Trinajstić information content (AvgIpc) is 3.00. The normalized spacial score (nSPS) is 34.5. The molecule has 122 valence electrons. The molecule has 4 heteroatoms. The van der Waals surface area contributed by atoms with Gasteiger partial charge in [0.25, 0.3) is 5.91 Å². The number of para-hydroxylation sites is 1. The van der Waals surface area contributed by atoms with Crippen molar-refractivity contribution in [1.82, 2.24) is 4.90 Å². The monoisotopic (exact) mass is 312 g/mol. The third-order valence-corrected chi connectivity index (χ3v) is 6.32. The van der Waals surface area contributed by atoms with Gasteiger partial charge in [0, 0.05) is 24.2 Å². The van der Waals surface area contributed by atoms with Crippen LogP contribution < -0.4 is 5.32 Å². The molecule has 2 fully saturated rings. The number of likely N-dealkylation sites (N-methyl/N-ethyl adjacent to an activating group) is 1. The van der Waals surface area contributed by atoms with Crippen molar-refractivity contribution in [2.24, 2.45) is 5.41 Å². The van der Waals surface area contributed by atoms with Gasteiger partial charge in [-0.1, -0.05) is 37.5 Å². The molecule has 1 saturated heterocycles. The molecular weight excluding hydrogens is 288 g/mol. The number of hydrogen-bond acceptors (Lipinski definition) is 3. The highest BCUT2D eigenvalue weighted by Gasteiger charge is 2.68. The predicted molar refractivity (Wildman–Crippen MR) is 89.1 cm³/mol. The van der Waals surface area contributed by atoms with E-state index in [1.54, 1.807) is 0 Å². The SMILES string of the molecule is CN1CC[C@]2(CCCCCCC2=O)[C@]12C(=O)Nc1ccccc12. The topological polar surface area (TPSA) is 49.4 Å². The summed E-state index contributed by atoms with van der Waals surface area (Å²) in [4.78, 5) is 28.6. The maximum Gasteiger partial charge on any atom is 0.250 e. The summed E-state index contributed by atoms with van der Waals surface area (Å²) in [5.41, 5.74) is 0.510. The Morgan fingerprint density at radius 3 is 2.70 bits per heavy atom. The predicted octanol–water partition coefficient (Wildman–Crippen LogP) is 3.08. The molecule has 23 heavy (non-hydrogen) atoms. The Kier molecular flexibility index (Phi) is 3.34. The molecule has 0 radical (unpaired) electrons. The van der Waals surface area contributed by atoms with Crippen LogP contribution in [0.25, 0.3) is 0 Å². The summed E-state index contributed by atoms with van der Waals surface area (Å²) in [5, 5.41) is 3.06. The minimum absolute atomic E-state index is 0.00683. The van der Waals surface area contributed by atoms with Crippen LogP contribution in [0, 0.1) is 5.41 Å². The summed E-state index contributed by atoms with van der Waals surface area (Å²) in [6.07, 6.45) is 6.54. The Bertz CT molecular complexity index is 671. The first-order valence-corrected chi connectivity index (χ1v) is 8.78. The van der Waals surface area contributed by atoms with E-state index in [1.807, 2.05) is 31.3 Å². The Morgan fingerprint density at radius 2 is 1.83 bits per heavy atom. The number of fused-ring (bicyclic) bond motifs is 3. The number of carbonyl (C=O) groups is 2. The lowest BCUT2D eigenvalue weighted by Gasteiger charge is -2.44. The van der Waals surface area contributed by atoms with E-state index in [-0.39, 0.29) is 5.91 Å². The van der Waals surface area contributed by atoms with E-state index in [4.69, 9.17) is 0 Å². The fraction of sp³-hybridized carbons (Fsp3) is 0.579. The summed E-state index contributed by atoms with van der Waals surface area (Å²) < 4.78 is 0. The summed E-state index contributed by atoms with van der Waals surface area (Å²) in [7, 11) is 2.00. The van der Waals surface area contributed by atoms with Gasteiger partial charge in [0.15, 0.2) is 0 Å². The lowest BCUT2D eigenvalue weighted by atomic mass is 9.60. The quantitative estimate of drug-likeness (QED) is 0.801. The van der Waals surface area contributed by atoms with Crippen molar-refractivity contribution in [3.8, 4) is 0 Å². The van der Waals surface area contributed by atoms with Gasteiger partial charge in [0.05, 0.1) is 5.41 Å². The fourth-order valence-corrected chi connectivity index (χ4v) is 5.26. The van der Waals surface area contributed by atoms with E-state index in [0.717, 1.165) is 56.3 Å². The van der Waals surface area contributed by atoms with Gasteiger partial charge >= 0.3 is 0 Å². The third-order valence-electron chi connectivity index (χ3n) is 6.32. The van der Waals surface area contributed by atoms with E-state index in [2.05, 4.69) is 10.2 Å². The molecule has 1 saturated carbocycles. The van der Waals surface area contributed by atoms with Crippen molar-refractivity contribution in [1.29, 1.82) is 0 Å². The minimum atomic E-state index is -0.808. The van der Waals surface area contributed by atoms with Gasteiger partial charge in [-0.05, 0) is 32.4 Å². The second-order valence-electron chi connectivity index (χ2n) is 7.30. The zero-order valence-electron chi connectivity index (χ0n) is 13.7. The molecule has 3 aliphatic rings. The molecule has 2 aliphatic heterocycles. The van der Waals surface area contributed by atoms with Crippen molar-refractivity contribution in [3.63, 3.8) is 0 Å². The van der Waals surface area contributed by atoms with Crippen LogP contribution in [0.15, 0.2) is 24.3 Å². The van der Waals surface area contributed by atoms with Crippen LogP contribution in [0.2, 0.25) is 0 Å². The average molecular weight is 312 g/mol. The van der Waals surface area contributed by atoms with Gasteiger partial charge in [-0.3, -0.25) is 14.5 Å². The van der Waals surface area contributed by atoms with Crippen molar-refractivity contribution in [2.75, 3.05) is 18.9 Å². The van der Waals surface area contributed by atoms with Crippen LogP contribution in [0.4, 0.5) is 5.69 Å². The number of benzene rings is 1. The molecule has 0 unspecified atom stereocenters. The first-order valence-electron chi connectivity index (χ1n) is 8.78. The van der Waals surface area contributed by atoms with Crippen LogP contribution in [0.1, 0.15) is 50.5 Å². The van der Waals surface area contributed by atoms with Crippen molar-refractivity contribution >= 4 is 17.4 Å². The second-order valence-corrected chi connectivity index (χ2v) is 7.30. The third kappa shape index (κ3) is 1.76. The van der Waals surface area contributed by atoms with Gasteiger partial charge < -0.3 is 5.32 Å². The first-order chi connectivity index (χ1) is 11.1. The van der Waals surface area contributed by atoms with Gasteiger partial charge in [0.1, 0.15) is 11.3 Å². The van der Waals surface area contributed by atoms with Crippen molar-refractivity contribution < 1.29 is 9.59 Å². The first kappa shape index (κ1) is 14.9. The molecule has 2 heterocycles. The minimum Gasteiger partial charge on any atom is -0.324 e. The standard InChI is InChI=1S/C19H24N2O2/c1-21-13-12-18(11-7-3-2-4-10-16(18)22)19(21)14-8-5-6-9-15(14)20-17(19)23/h5-6,8-9H,2-4,7,10-13H2,1H3,(H,20,23)/t18-,19-/m0/s1. The molecule has 1 aliphatic carbocycles. The molecule has 4 rings (SSSR count). The van der Waals surface area contributed by atoms with E-state index < -0.39 is 11.0 Å². The molecule has 2 atom stereocenters. The van der Waals surface area contributed by atoms with Gasteiger partial charge in [-0.25, -0.2) is 0 Å². The lowest BCUT2D eigenvalue weighted by molar-refractivity contribution is -0.145. The van der Waals surface area contributed by atoms with Crippen molar-refractivity contribution in [3.05, 3.63) is 29.8 Å². The van der Waals surface area contributed by atoms with Crippen LogP contribution >= 0.6 is 0 Å². The zero-order valence-corrected chi connectivity index (χ0v) is 13.7. The van der Waals surface area contributed by atoms with Gasteiger partial charge in [-0.15, -0.1) is 0 Å². The number of anilines is 1. The number of hydrogen-bond donors (Lipinski definition) is 1. The fourth-order valence-electron chi connectivity index (χ4n) is 5.26. The second kappa shape index (κ2) is 5.17. The van der Waals surface area contributed by atoms with E-state index in [9.17, 15) is 9.59 Å². The van der Waals surface area contributed by atoms with Crippen molar-refractivity contribution in [2.45, 2.75) is 50.5 Å². The molecule has 1 amide bonds. The maximum absolute atomic E-state index is 13.2. The number of nitrogens with one attached hydrogen (secondary N) is 1. The number of ketones is 1. The van der Waals surface area contributed by atoms with Crippen LogP contribution in [-0.2, 0) is 15.1 Å². The summed E-state index contributed by atoms with van der Waals surface area (Å²) in [6, 6.07) is 7.91. The highest BCUT2D eigenvalue weighted by Crippen LogP contribution is 2.60. The smallest absolute Gasteiger partial charge is 0.250 e. The van der Waals surface area contributed by atoms with E-state index in [0.29, 0.717) is 12.2 Å². The Morgan fingerprint density at radius 1 is 1.04 bits per heavy atom. The summed E-state index contributed by atoms with van der Waals surface area (Å²) in [6.45, 7) is 0.799. The molecule has 1 N–H and O–H groups in total. The lowest BCUT2D eigenvalue weighted by Crippen LogP contribution is -2.57. The summed E-state index contributed by atoms with van der Waals surface area (Å²) >= 11 is 0. The number of rotatable bonds is 0. The van der Waals surface area contributed by atoms with E-state index in [1.165, 1.54) is 0 Å². The molecule has 1 aromatic carbocycles. The largest absolute Gasteiger partial charge is 0.324 e. The molecule has 4 nitrogen and oxygen atoms in total. The molecule has 1 aromatic rings. The highest BCUT2D eigenvalue weighted by molar-refractivity contribution is 6.10. The molecule has 0 aromatic heterocycles. The van der Waals surface area contributed by atoms with Crippen LogP contribution in [0.5, 0.6) is 0 Å². The summed E-state index contributed by atoms with van der Waals surface area (Å²) in [5.74, 6) is 0.293. The Labute approximate surface area is 137 Å². The molecule has 2 spiro atoms. The Balaban J connectivity index is 1.93. The number of Topliss-reactive ketones (excluding diaryl/α,β-unsaturated/α-hetero) is 1. The number of likely N-dealkylation sites (tertiary alicyclic amines) is 1. The van der Waals surface area contributed by atoms with Crippen LogP contribution in [-0.4, -0.2) is 30.2 Å². The highest BCUT2D eigenvalue weighted by atomic mass is 16.2. The molecular formula is C19H24N2O2. The number of carbonyl (C=O) groups excluding carboxylic acids is 2. The maximum atomic E-state index is 13.2. The van der Waals surface area contributed by atoms with Crippen LogP contribution in [0.3, 0.4) is 0 Å².